The molecule has 1 amide bonds. The van der Waals surface area contributed by atoms with Crippen LogP contribution in [0, 0.1) is 5.82 Å². The van der Waals surface area contributed by atoms with E-state index in [1.54, 1.807) is 30.1 Å². The molecule has 2 atom stereocenters. The molecule has 0 saturated heterocycles. The highest BCUT2D eigenvalue weighted by molar-refractivity contribution is 5.90. The van der Waals surface area contributed by atoms with Crippen molar-refractivity contribution in [2.75, 3.05) is 7.11 Å². The molecule has 5 rings (SSSR count). The van der Waals surface area contributed by atoms with Crippen LogP contribution in [0.1, 0.15) is 29.2 Å². The molecule has 0 fully saturated rings. The average molecular weight is 487 g/mol. The third-order valence-corrected chi connectivity index (χ3v) is 5.74. The number of aromatic nitrogens is 5. The summed E-state index contributed by atoms with van der Waals surface area (Å²) < 4.78 is 26.9. The summed E-state index contributed by atoms with van der Waals surface area (Å²) in [5, 5.41) is 14.5. The standard InChI is InChI=1S/C26H23FN6O3/c1-16(31-26(34)25-28-15-29-32-25)24(17-4-3-5-21(12-17)35-2)36-22-10-11-23-18(13-22)14-30-33(23)20-8-6-19(27)7-9-20/h3-16,24H,1-2H3,(H,31,34)(H,28,29,32)/t16-,24-/m0/s1. The van der Waals surface area contributed by atoms with Gasteiger partial charge in [0.05, 0.1) is 30.6 Å². The molecule has 182 valence electrons. The van der Waals surface area contributed by atoms with Gasteiger partial charge in [0.2, 0.25) is 5.82 Å². The molecule has 0 aliphatic rings. The van der Waals surface area contributed by atoms with Crippen molar-refractivity contribution < 1.29 is 18.7 Å². The summed E-state index contributed by atoms with van der Waals surface area (Å²) in [6.45, 7) is 1.85. The first kappa shape index (κ1) is 23.0. The number of hydrogen-bond acceptors (Lipinski definition) is 6. The maximum absolute atomic E-state index is 13.3. The summed E-state index contributed by atoms with van der Waals surface area (Å²) in [6, 6.07) is 18.8. The van der Waals surface area contributed by atoms with Gasteiger partial charge in [-0.3, -0.25) is 9.89 Å². The van der Waals surface area contributed by atoms with Crippen LogP contribution < -0.4 is 14.8 Å². The molecule has 5 aromatic rings. The van der Waals surface area contributed by atoms with E-state index in [0.717, 1.165) is 22.2 Å². The van der Waals surface area contributed by atoms with E-state index in [9.17, 15) is 9.18 Å². The second kappa shape index (κ2) is 9.87. The van der Waals surface area contributed by atoms with Crippen LogP contribution in [0.2, 0.25) is 0 Å². The molecule has 0 bridgehead atoms. The van der Waals surface area contributed by atoms with E-state index >= 15 is 0 Å². The van der Waals surface area contributed by atoms with Crippen LogP contribution in [0.15, 0.2) is 79.3 Å². The summed E-state index contributed by atoms with van der Waals surface area (Å²) in [7, 11) is 1.59. The Morgan fingerprint density at radius 2 is 1.92 bits per heavy atom. The van der Waals surface area contributed by atoms with Crippen molar-refractivity contribution >= 4 is 16.8 Å². The predicted molar refractivity (Wildman–Crippen MR) is 131 cm³/mol. The van der Waals surface area contributed by atoms with Crippen LogP contribution >= 0.6 is 0 Å². The van der Waals surface area contributed by atoms with Gasteiger partial charge in [-0.2, -0.15) is 10.2 Å². The van der Waals surface area contributed by atoms with Gasteiger partial charge in [-0.05, 0) is 67.1 Å². The van der Waals surface area contributed by atoms with Gasteiger partial charge in [-0.25, -0.2) is 14.1 Å². The van der Waals surface area contributed by atoms with Crippen LogP contribution in [0.25, 0.3) is 16.6 Å². The number of carbonyl (C=O) groups is 1. The molecule has 36 heavy (non-hydrogen) atoms. The Morgan fingerprint density at radius 3 is 2.67 bits per heavy atom. The average Bonchev–Trinajstić information content (AvgIpc) is 3.58. The Labute approximate surface area is 205 Å². The van der Waals surface area contributed by atoms with Gasteiger partial charge >= 0.3 is 0 Å². The molecule has 0 spiro atoms. The molecule has 0 unspecified atom stereocenters. The smallest absolute Gasteiger partial charge is 0.288 e. The number of carbonyl (C=O) groups excluding carboxylic acids is 1. The molecule has 2 N–H and O–H groups in total. The van der Waals surface area contributed by atoms with Gasteiger partial charge in [0.15, 0.2) is 0 Å². The third kappa shape index (κ3) is 4.74. The van der Waals surface area contributed by atoms with Gasteiger partial charge < -0.3 is 14.8 Å². The Morgan fingerprint density at radius 1 is 1.08 bits per heavy atom. The number of amides is 1. The minimum absolute atomic E-state index is 0.112. The van der Waals surface area contributed by atoms with Crippen molar-refractivity contribution in [1.82, 2.24) is 30.3 Å². The fourth-order valence-electron chi connectivity index (χ4n) is 3.96. The number of benzene rings is 3. The molecule has 0 saturated carbocycles. The van der Waals surface area contributed by atoms with Gasteiger partial charge in [0.25, 0.3) is 5.91 Å². The number of methoxy groups -OCH3 is 1. The summed E-state index contributed by atoms with van der Waals surface area (Å²) in [5.74, 6) is 0.674. The van der Waals surface area contributed by atoms with E-state index in [2.05, 4.69) is 25.6 Å². The molecule has 0 radical (unpaired) electrons. The summed E-state index contributed by atoms with van der Waals surface area (Å²) in [4.78, 5) is 16.5. The second-order valence-corrected chi connectivity index (χ2v) is 8.16. The van der Waals surface area contributed by atoms with Gasteiger partial charge in [-0.15, -0.1) is 0 Å². The van der Waals surface area contributed by atoms with Crippen molar-refractivity contribution in [3.05, 3.63) is 96.5 Å². The largest absolute Gasteiger partial charge is 0.497 e. The first-order valence-electron chi connectivity index (χ1n) is 11.2. The number of nitrogens with zero attached hydrogens (tertiary/aromatic N) is 4. The Bertz CT molecular complexity index is 1480. The Balaban J connectivity index is 1.44. The lowest BCUT2D eigenvalue weighted by Crippen LogP contribution is -2.39. The normalized spacial score (nSPS) is 12.8. The van der Waals surface area contributed by atoms with Crippen LogP contribution in [-0.2, 0) is 0 Å². The fraction of sp³-hybridized carbons (Fsp3) is 0.154. The Hall–Kier alpha value is -4.73. The molecular weight excluding hydrogens is 463 g/mol. The SMILES string of the molecule is COc1cccc([C@@H](Oc2ccc3c(cnn3-c3ccc(F)cc3)c2)[C@H](C)NC(=O)c2ncn[nH]2)c1. The fourth-order valence-corrected chi connectivity index (χ4v) is 3.96. The van der Waals surface area contributed by atoms with Crippen LogP contribution in [0.4, 0.5) is 4.39 Å². The minimum atomic E-state index is -0.545. The quantitative estimate of drug-likeness (QED) is 0.340. The van der Waals surface area contributed by atoms with E-state index in [1.165, 1.54) is 18.5 Å². The predicted octanol–water partition coefficient (Wildman–Crippen LogP) is 4.23. The number of nitrogens with one attached hydrogen (secondary N) is 2. The van der Waals surface area contributed by atoms with Crippen LogP contribution in [0.3, 0.4) is 0 Å². The number of H-pyrrole nitrogens is 1. The van der Waals surface area contributed by atoms with E-state index in [4.69, 9.17) is 9.47 Å². The lowest BCUT2D eigenvalue weighted by Gasteiger charge is -2.26. The minimum Gasteiger partial charge on any atom is -0.497 e. The van der Waals surface area contributed by atoms with Crippen LogP contribution in [0.5, 0.6) is 11.5 Å². The van der Waals surface area contributed by atoms with Crippen LogP contribution in [-0.4, -0.2) is 44.0 Å². The Kier molecular flexibility index (Phi) is 6.31. The topological polar surface area (TPSA) is 107 Å². The number of rotatable bonds is 8. The highest BCUT2D eigenvalue weighted by atomic mass is 19.1. The van der Waals surface area contributed by atoms with Crippen molar-refractivity contribution in [3.63, 3.8) is 0 Å². The zero-order valence-electron chi connectivity index (χ0n) is 19.6. The number of aromatic amines is 1. The zero-order valence-corrected chi connectivity index (χ0v) is 19.6. The molecular formula is C26H23FN6O3. The highest BCUT2D eigenvalue weighted by Crippen LogP contribution is 2.30. The number of fused-ring (bicyclic) bond motifs is 1. The number of halogens is 1. The summed E-state index contributed by atoms with van der Waals surface area (Å²) >= 11 is 0. The number of ether oxygens (including phenoxy) is 2. The van der Waals surface area contributed by atoms with Gasteiger partial charge in [0, 0.05) is 5.39 Å². The van der Waals surface area contributed by atoms with E-state index in [0.29, 0.717) is 11.5 Å². The molecule has 2 aromatic heterocycles. The van der Waals surface area contributed by atoms with Crippen molar-refractivity contribution in [3.8, 4) is 17.2 Å². The van der Waals surface area contributed by atoms with E-state index in [-0.39, 0.29) is 11.6 Å². The van der Waals surface area contributed by atoms with E-state index in [1.807, 2.05) is 49.4 Å². The third-order valence-electron chi connectivity index (χ3n) is 5.74. The summed E-state index contributed by atoms with van der Waals surface area (Å²) in [5.41, 5.74) is 2.42. The van der Waals surface area contributed by atoms with Gasteiger partial charge in [-0.1, -0.05) is 12.1 Å². The number of hydrogen-bond donors (Lipinski definition) is 2. The molecule has 10 heteroatoms. The zero-order chi connectivity index (χ0) is 25.1. The van der Waals surface area contributed by atoms with Crippen molar-refractivity contribution in [1.29, 1.82) is 0 Å². The lowest BCUT2D eigenvalue weighted by molar-refractivity contribution is 0.0872. The molecule has 3 aromatic carbocycles. The monoisotopic (exact) mass is 486 g/mol. The maximum Gasteiger partial charge on any atom is 0.288 e. The first-order valence-corrected chi connectivity index (χ1v) is 11.2. The maximum atomic E-state index is 13.3. The van der Waals surface area contributed by atoms with Crippen molar-refractivity contribution in [2.45, 2.75) is 19.1 Å². The molecule has 0 aliphatic carbocycles. The highest BCUT2D eigenvalue weighted by Gasteiger charge is 2.25. The summed E-state index contributed by atoms with van der Waals surface area (Å²) in [6.07, 6.45) is 2.45. The van der Waals surface area contributed by atoms with E-state index < -0.39 is 18.1 Å². The van der Waals surface area contributed by atoms with Gasteiger partial charge in [0.1, 0.15) is 29.7 Å². The lowest BCUT2D eigenvalue weighted by atomic mass is 10.0. The molecule has 9 nitrogen and oxygen atoms in total. The first-order chi connectivity index (χ1) is 17.5. The second-order valence-electron chi connectivity index (χ2n) is 8.16. The van der Waals surface area contributed by atoms with Crippen molar-refractivity contribution in [2.24, 2.45) is 0 Å². The molecule has 2 heterocycles. The molecule has 0 aliphatic heterocycles.